The van der Waals surface area contributed by atoms with Crippen molar-refractivity contribution in [2.75, 3.05) is 5.73 Å². The van der Waals surface area contributed by atoms with Gasteiger partial charge >= 0.3 is 0 Å². The summed E-state index contributed by atoms with van der Waals surface area (Å²) in [6.45, 7) is 0. The Morgan fingerprint density at radius 1 is 1.11 bits per heavy atom. The van der Waals surface area contributed by atoms with Gasteiger partial charge in [0, 0.05) is 12.6 Å². The zero-order valence-electron chi connectivity index (χ0n) is 10.6. The molecule has 3 N–H and O–H groups in total. The molecule has 0 radical (unpaired) electrons. The number of aryl methyl sites for hydroxylation is 1. The number of nitrogens with zero attached hydrogens (tertiary/aromatic N) is 2. The number of nitrogens with two attached hydrogens (primary N) is 1. The first-order valence-corrected chi connectivity index (χ1v) is 6.11. The highest BCUT2D eigenvalue weighted by molar-refractivity contribution is 5.86. The van der Waals surface area contributed by atoms with E-state index in [9.17, 15) is 5.11 Å². The number of aliphatic hydroxyl groups excluding tert-OH is 1. The maximum Gasteiger partial charge on any atom is 0.127 e. The molecule has 1 atom stereocenters. The highest BCUT2D eigenvalue weighted by atomic mass is 16.3. The molecule has 0 aliphatic heterocycles. The molecule has 0 saturated heterocycles. The third-order valence-electron chi connectivity index (χ3n) is 3.43. The molecule has 0 aliphatic carbocycles. The summed E-state index contributed by atoms with van der Waals surface area (Å²) < 4.78 is 1.56. The van der Waals surface area contributed by atoms with Gasteiger partial charge in [0.2, 0.25) is 0 Å². The van der Waals surface area contributed by atoms with Gasteiger partial charge in [-0.25, -0.2) is 0 Å². The van der Waals surface area contributed by atoms with Gasteiger partial charge in [-0.3, -0.25) is 4.68 Å². The van der Waals surface area contributed by atoms with E-state index in [-0.39, 0.29) is 0 Å². The van der Waals surface area contributed by atoms with Crippen molar-refractivity contribution < 1.29 is 5.11 Å². The second kappa shape index (κ2) is 4.40. The van der Waals surface area contributed by atoms with Gasteiger partial charge in [0.1, 0.15) is 11.9 Å². The van der Waals surface area contributed by atoms with Crippen molar-refractivity contribution in [1.29, 1.82) is 0 Å². The van der Waals surface area contributed by atoms with Gasteiger partial charge in [-0.15, -0.1) is 0 Å². The maximum atomic E-state index is 10.6. The van der Waals surface area contributed by atoms with Gasteiger partial charge in [-0.1, -0.05) is 42.5 Å². The number of fused-ring (bicyclic) bond motifs is 1. The van der Waals surface area contributed by atoms with E-state index in [1.165, 1.54) is 0 Å². The van der Waals surface area contributed by atoms with Crippen LogP contribution < -0.4 is 5.73 Å². The minimum atomic E-state index is -0.764. The van der Waals surface area contributed by atoms with Crippen molar-refractivity contribution >= 4 is 16.6 Å². The van der Waals surface area contributed by atoms with Crippen LogP contribution in [0.1, 0.15) is 17.2 Å². The molecule has 19 heavy (non-hydrogen) atoms. The fourth-order valence-electron chi connectivity index (χ4n) is 2.33. The fraction of sp³-hybridized carbons (Fsp3) is 0.133. The molecule has 0 spiro atoms. The molecular formula is C15H15N3O. The van der Waals surface area contributed by atoms with Gasteiger partial charge in [0.05, 0.1) is 6.20 Å². The Bertz CT molecular complexity index is 728. The number of aliphatic hydroxyl groups is 1. The molecule has 1 heterocycles. The van der Waals surface area contributed by atoms with E-state index < -0.39 is 6.10 Å². The van der Waals surface area contributed by atoms with Crippen molar-refractivity contribution in [2.45, 2.75) is 6.10 Å². The summed E-state index contributed by atoms with van der Waals surface area (Å²) in [7, 11) is 1.76. The Kier molecular flexibility index (Phi) is 2.72. The van der Waals surface area contributed by atoms with Crippen molar-refractivity contribution in [1.82, 2.24) is 9.78 Å². The molecule has 2 aromatic carbocycles. The summed E-state index contributed by atoms with van der Waals surface area (Å²) in [4.78, 5) is 0. The Morgan fingerprint density at radius 2 is 1.84 bits per heavy atom. The second-order valence-corrected chi connectivity index (χ2v) is 4.58. The van der Waals surface area contributed by atoms with Crippen LogP contribution in [0.15, 0.2) is 48.7 Å². The Labute approximate surface area is 111 Å². The van der Waals surface area contributed by atoms with Gasteiger partial charge in [0.25, 0.3) is 0 Å². The molecule has 0 bridgehead atoms. The van der Waals surface area contributed by atoms with Crippen LogP contribution in [0.3, 0.4) is 0 Å². The van der Waals surface area contributed by atoms with Gasteiger partial charge in [0.15, 0.2) is 0 Å². The summed E-state index contributed by atoms with van der Waals surface area (Å²) >= 11 is 0. The molecule has 4 nitrogen and oxygen atoms in total. The van der Waals surface area contributed by atoms with Gasteiger partial charge in [-0.2, -0.15) is 5.10 Å². The summed E-state index contributed by atoms with van der Waals surface area (Å²) in [5.41, 5.74) is 7.41. The number of rotatable bonds is 2. The average molecular weight is 253 g/mol. The van der Waals surface area contributed by atoms with Crippen molar-refractivity contribution in [2.24, 2.45) is 7.05 Å². The highest BCUT2D eigenvalue weighted by Crippen LogP contribution is 2.31. The lowest BCUT2D eigenvalue weighted by atomic mass is 9.97. The minimum absolute atomic E-state index is 0.487. The number of hydrogen-bond acceptors (Lipinski definition) is 3. The lowest BCUT2D eigenvalue weighted by molar-refractivity contribution is 0.222. The van der Waals surface area contributed by atoms with E-state index in [1.54, 1.807) is 17.9 Å². The largest absolute Gasteiger partial charge is 0.384 e. The van der Waals surface area contributed by atoms with Crippen molar-refractivity contribution in [3.63, 3.8) is 0 Å². The number of benzene rings is 2. The van der Waals surface area contributed by atoms with Crippen LogP contribution >= 0.6 is 0 Å². The highest BCUT2D eigenvalue weighted by Gasteiger charge is 2.18. The first kappa shape index (κ1) is 11.7. The SMILES string of the molecule is Cn1ncc(C(O)c2cccc3ccccc23)c1N. The summed E-state index contributed by atoms with van der Waals surface area (Å²) in [6.07, 6.45) is 0.849. The number of aromatic nitrogens is 2. The standard InChI is InChI=1S/C15H15N3O/c1-18-15(16)13(9-17-18)14(19)12-8-4-6-10-5-2-3-7-11(10)12/h2-9,14,19H,16H2,1H3. The van der Waals surface area contributed by atoms with E-state index in [0.717, 1.165) is 16.3 Å². The Balaban J connectivity index is 2.17. The number of hydrogen-bond donors (Lipinski definition) is 2. The molecule has 1 aromatic heterocycles. The predicted molar refractivity (Wildman–Crippen MR) is 75.6 cm³/mol. The van der Waals surface area contributed by atoms with Gasteiger partial charge < -0.3 is 10.8 Å². The van der Waals surface area contributed by atoms with E-state index in [0.29, 0.717) is 11.4 Å². The smallest absolute Gasteiger partial charge is 0.127 e. The third kappa shape index (κ3) is 1.86. The molecule has 96 valence electrons. The van der Waals surface area contributed by atoms with Crippen LogP contribution in [0.25, 0.3) is 10.8 Å². The van der Waals surface area contributed by atoms with E-state index in [1.807, 2.05) is 42.5 Å². The van der Waals surface area contributed by atoms with Crippen molar-refractivity contribution in [3.05, 3.63) is 59.8 Å². The molecule has 3 rings (SSSR count). The normalized spacial score (nSPS) is 12.7. The van der Waals surface area contributed by atoms with Crippen LogP contribution in [0.2, 0.25) is 0 Å². The summed E-state index contributed by atoms with van der Waals surface area (Å²) in [5.74, 6) is 0.487. The second-order valence-electron chi connectivity index (χ2n) is 4.58. The Hall–Kier alpha value is -2.33. The molecular weight excluding hydrogens is 238 g/mol. The molecule has 4 heteroatoms. The van der Waals surface area contributed by atoms with Crippen LogP contribution in [0.4, 0.5) is 5.82 Å². The fourth-order valence-corrected chi connectivity index (χ4v) is 2.33. The predicted octanol–water partition coefficient (Wildman–Crippen LogP) is 2.24. The molecule has 0 amide bonds. The van der Waals surface area contributed by atoms with E-state index in [4.69, 9.17) is 5.73 Å². The van der Waals surface area contributed by atoms with Gasteiger partial charge in [-0.05, 0) is 16.3 Å². The third-order valence-corrected chi connectivity index (χ3v) is 3.43. The lowest BCUT2D eigenvalue weighted by Crippen LogP contribution is -2.05. The first-order chi connectivity index (χ1) is 9.18. The van der Waals surface area contributed by atoms with Crippen LogP contribution in [-0.2, 0) is 7.05 Å². The summed E-state index contributed by atoms with van der Waals surface area (Å²) in [5, 5.41) is 16.8. The summed E-state index contributed by atoms with van der Waals surface area (Å²) in [6, 6.07) is 13.9. The van der Waals surface area contributed by atoms with Crippen LogP contribution in [0, 0.1) is 0 Å². The van der Waals surface area contributed by atoms with Crippen LogP contribution in [0.5, 0.6) is 0 Å². The van der Waals surface area contributed by atoms with Crippen LogP contribution in [-0.4, -0.2) is 14.9 Å². The first-order valence-electron chi connectivity index (χ1n) is 6.11. The molecule has 0 aliphatic rings. The number of nitrogen functional groups attached to an aromatic ring is 1. The molecule has 3 aromatic rings. The van der Waals surface area contributed by atoms with E-state index in [2.05, 4.69) is 5.10 Å². The molecule has 1 unspecified atom stereocenters. The van der Waals surface area contributed by atoms with Crippen molar-refractivity contribution in [3.8, 4) is 0 Å². The molecule has 0 fully saturated rings. The number of anilines is 1. The Morgan fingerprint density at radius 3 is 2.58 bits per heavy atom. The lowest BCUT2D eigenvalue weighted by Gasteiger charge is -2.13. The zero-order valence-corrected chi connectivity index (χ0v) is 10.6. The minimum Gasteiger partial charge on any atom is -0.384 e. The average Bonchev–Trinajstić information content (AvgIpc) is 2.78. The zero-order chi connectivity index (χ0) is 13.4. The monoisotopic (exact) mass is 253 g/mol. The maximum absolute atomic E-state index is 10.6. The quantitative estimate of drug-likeness (QED) is 0.736. The van der Waals surface area contributed by atoms with E-state index >= 15 is 0 Å². The molecule has 0 saturated carbocycles. The topological polar surface area (TPSA) is 64.1 Å².